The molecule has 1 aromatic rings. The summed E-state index contributed by atoms with van der Waals surface area (Å²) in [5.74, 6) is 0.0249. The summed E-state index contributed by atoms with van der Waals surface area (Å²) < 4.78 is 23.9. The minimum absolute atomic E-state index is 0.0249. The molecule has 18 heavy (non-hydrogen) atoms. The van der Waals surface area contributed by atoms with Crippen LogP contribution in [0.25, 0.3) is 0 Å². The number of hydrogen-bond donors (Lipinski definition) is 1. The van der Waals surface area contributed by atoms with Crippen molar-refractivity contribution in [1.29, 1.82) is 5.26 Å². The number of rotatable bonds is 6. The first-order chi connectivity index (χ1) is 8.49. The van der Waals surface area contributed by atoms with Gasteiger partial charge >= 0.3 is 0 Å². The van der Waals surface area contributed by atoms with E-state index < -0.39 is 9.84 Å². The molecule has 0 amide bonds. The van der Waals surface area contributed by atoms with Gasteiger partial charge in [0.1, 0.15) is 0 Å². The average Bonchev–Trinajstić information content (AvgIpc) is 2.38. The third-order valence-electron chi connectivity index (χ3n) is 2.53. The van der Waals surface area contributed by atoms with Crippen molar-refractivity contribution in [2.45, 2.75) is 17.9 Å². The fourth-order valence-corrected chi connectivity index (χ4v) is 2.53. The van der Waals surface area contributed by atoms with Crippen molar-refractivity contribution in [1.82, 2.24) is 5.32 Å². The molecule has 4 nitrogen and oxygen atoms in total. The van der Waals surface area contributed by atoms with E-state index in [0.717, 1.165) is 0 Å². The van der Waals surface area contributed by atoms with Crippen LogP contribution in [0.3, 0.4) is 0 Å². The summed E-state index contributed by atoms with van der Waals surface area (Å²) in [7, 11) is -3.30. The van der Waals surface area contributed by atoms with Crippen molar-refractivity contribution in [3.05, 3.63) is 42.5 Å². The van der Waals surface area contributed by atoms with Gasteiger partial charge in [-0.2, -0.15) is 5.26 Å². The molecule has 0 heterocycles. The number of sulfone groups is 1. The van der Waals surface area contributed by atoms with E-state index >= 15 is 0 Å². The number of nitrogens with zero attached hydrogens (tertiary/aromatic N) is 1. The van der Waals surface area contributed by atoms with Crippen molar-refractivity contribution in [2.24, 2.45) is 0 Å². The van der Waals surface area contributed by atoms with Crippen LogP contribution in [0.2, 0.25) is 0 Å². The molecule has 1 atom stereocenters. The maximum Gasteiger partial charge on any atom is 0.179 e. The second kappa shape index (κ2) is 6.34. The van der Waals surface area contributed by atoms with Gasteiger partial charge in [-0.15, -0.1) is 6.58 Å². The summed E-state index contributed by atoms with van der Waals surface area (Å²) in [5, 5.41) is 11.7. The first kappa shape index (κ1) is 14.4. The Morgan fingerprint density at radius 2 is 2.06 bits per heavy atom. The first-order valence-corrected chi connectivity index (χ1v) is 7.23. The van der Waals surface area contributed by atoms with Crippen LogP contribution >= 0.6 is 0 Å². The summed E-state index contributed by atoms with van der Waals surface area (Å²) in [4.78, 5) is 0.245. The minimum Gasteiger partial charge on any atom is -0.310 e. The number of nitrogens with one attached hydrogen (secondary N) is 1. The maximum atomic E-state index is 12.0. The zero-order chi connectivity index (χ0) is 13.6. The molecule has 0 saturated heterocycles. The molecule has 0 saturated carbocycles. The van der Waals surface area contributed by atoms with Gasteiger partial charge in [-0.3, -0.25) is 0 Å². The quantitative estimate of drug-likeness (QED) is 0.790. The van der Waals surface area contributed by atoms with Crippen molar-refractivity contribution in [3.8, 4) is 6.07 Å². The largest absolute Gasteiger partial charge is 0.310 e. The summed E-state index contributed by atoms with van der Waals surface area (Å²) in [5.41, 5.74) is 0.451. The average molecular weight is 264 g/mol. The van der Waals surface area contributed by atoms with Gasteiger partial charge in [-0.05, 0) is 31.2 Å². The highest BCUT2D eigenvalue weighted by Gasteiger charge is 2.13. The van der Waals surface area contributed by atoms with Crippen LogP contribution in [0.4, 0.5) is 0 Å². The first-order valence-electron chi connectivity index (χ1n) is 5.58. The Kier molecular flexibility index (Phi) is 5.08. The molecular formula is C13H16N2O2S. The van der Waals surface area contributed by atoms with Crippen molar-refractivity contribution in [2.75, 3.05) is 12.3 Å². The zero-order valence-corrected chi connectivity index (χ0v) is 11.1. The zero-order valence-electron chi connectivity index (χ0n) is 10.3. The lowest BCUT2D eigenvalue weighted by Crippen LogP contribution is -2.29. The molecule has 0 aliphatic carbocycles. The summed E-state index contributed by atoms with van der Waals surface area (Å²) in [6, 6.07) is 7.98. The van der Waals surface area contributed by atoms with Crippen LogP contribution < -0.4 is 5.32 Å². The Labute approximate surface area is 108 Å². The number of hydrogen-bond acceptors (Lipinski definition) is 4. The van der Waals surface area contributed by atoms with Gasteiger partial charge in [0, 0.05) is 12.6 Å². The Balaban J connectivity index is 2.68. The normalized spacial score (nSPS) is 12.7. The van der Waals surface area contributed by atoms with E-state index in [9.17, 15) is 8.42 Å². The SMILES string of the molecule is C=CC(C)NCCS(=O)(=O)c1ccc(C#N)cc1. The highest BCUT2D eigenvalue weighted by atomic mass is 32.2. The summed E-state index contributed by atoms with van der Waals surface area (Å²) in [6.07, 6.45) is 1.72. The highest BCUT2D eigenvalue weighted by molar-refractivity contribution is 7.91. The van der Waals surface area contributed by atoms with Gasteiger partial charge in [0.15, 0.2) is 9.84 Å². The monoisotopic (exact) mass is 264 g/mol. The highest BCUT2D eigenvalue weighted by Crippen LogP contribution is 2.11. The second-order valence-electron chi connectivity index (χ2n) is 3.93. The van der Waals surface area contributed by atoms with Gasteiger partial charge in [-0.1, -0.05) is 6.08 Å². The van der Waals surface area contributed by atoms with Crippen molar-refractivity contribution in [3.63, 3.8) is 0 Å². The second-order valence-corrected chi connectivity index (χ2v) is 6.04. The third kappa shape index (κ3) is 3.99. The van der Waals surface area contributed by atoms with E-state index in [1.807, 2.05) is 13.0 Å². The molecule has 0 aromatic heterocycles. The van der Waals surface area contributed by atoms with E-state index in [1.165, 1.54) is 24.3 Å². The molecule has 5 heteroatoms. The van der Waals surface area contributed by atoms with Crippen molar-refractivity contribution >= 4 is 9.84 Å². The number of nitriles is 1. The molecule has 0 bridgehead atoms. The van der Waals surface area contributed by atoms with Gasteiger partial charge < -0.3 is 5.32 Å². The smallest absolute Gasteiger partial charge is 0.179 e. The van der Waals surface area contributed by atoms with E-state index in [4.69, 9.17) is 5.26 Å². The van der Waals surface area contributed by atoms with E-state index in [1.54, 1.807) is 6.08 Å². The van der Waals surface area contributed by atoms with Crippen LogP contribution in [0, 0.1) is 11.3 Å². The van der Waals surface area contributed by atoms with Crippen LogP contribution in [-0.4, -0.2) is 26.8 Å². The van der Waals surface area contributed by atoms with Gasteiger partial charge in [0.05, 0.1) is 22.3 Å². The topological polar surface area (TPSA) is 70.0 Å². The molecule has 0 aliphatic heterocycles. The summed E-state index contributed by atoms with van der Waals surface area (Å²) in [6.45, 7) is 5.89. The third-order valence-corrected chi connectivity index (χ3v) is 4.27. The molecule has 1 rings (SSSR count). The van der Waals surface area contributed by atoms with Crippen molar-refractivity contribution < 1.29 is 8.42 Å². The van der Waals surface area contributed by atoms with Crippen LogP contribution in [0.5, 0.6) is 0 Å². The van der Waals surface area contributed by atoms with Crippen LogP contribution in [0.15, 0.2) is 41.8 Å². The van der Waals surface area contributed by atoms with E-state index in [2.05, 4.69) is 11.9 Å². The van der Waals surface area contributed by atoms with Gasteiger partial charge in [0.2, 0.25) is 0 Å². The molecule has 1 aromatic carbocycles. The Hall–Kier alpha value is -1.64. The Morgan fingerprint density at radius 1 is 1.44 bits per heavy atom. The molecule has 1 N–H and O–H groups in total. The fraction of sp³-hybridized carbons (Fsp3) is 0.308. The van der Waals surface area contributed by atoms with Crippen LogP contribution in [-0.2, 0) is 9.84 Å². The lowest BCUT2D eigenvalue weighted by molar-refractivity contribution is 0.587. The van der Waals surface area contributed by atoms with Gasteiger partial charge in [-0.25, -0.2) is 8.42 Å². The standard InChI is InChI=1S/C13H16N2O2S/c1-3-11(2)15-8-9-18(16,17)13-6-4-12(10-14)5-7-13/h3-7,11,15H,1,8-9H2,2H3. The molecule has 0 spiro atoms. The molecule has 0 aliphatic rings. The molecule has 1 unspecified atom stereocenters. The lowest BCUT2D eigenvalue weighted by atomic mass is 10.2. The predicted octanol–water partition coefficient (Wildman–Crippen LogP) is 1.50. The lowest BCUT2D eigenvalue weighted by Gasteiger charge is -2.09. The number of benzene rings is 1. The van der Waals surface area contributed by atoms with Gasteiger partial charge in [0.25, 0.3) is 0 Å². The van der Waals surface area contributed by atoms with Crippen LogP contribution in [0.1, 0.15) is 12.5 Å². The Morgan fingerprint density at radius 3 is 2.56 bits per heavy atom. The predicted molar refractivity (Wildman–Crippen MR) is 70.9 cm³/mol. The maximum absolute atomic E-state index is 12.0. The fourth-order valence-electron chi connectivity index (χ4n) is 1.36. The minimum atomic E-state index is -3.30. The molecule has 96 valence electrons. The molecule has 0 radical (unpaired) electrons. The van der Waals surface area contributed by atoms with E-state index in [0.29, 0.717) is 12.1 Å². The molecular weight excluding hydrogens is 248 g/mol. The molecule has 0 fully saturated rings. The van der Waals surface area contributed by atoms with E-state index in [-0.39, 0.29) is 16.7 Å². The Bertz CT molecular complexity index is 541. The summed E-state index contributed by atoms with van der Waals surface area (Å²) >= 11 is 0.